The second-order valence-corrected chi connectivity index (χ2v) is 1.89. The number of fused-ring (bicyclic) bond motifs is 1. The fourth-order valence-electron chi connectivity index (χ4n) is 0.843. The van der Waals surface area contributed by atoms with Gasteiger partial charge >= 0.3 is 0 Å². The maximum absolute atomic E-state index is 3.78. The molecule has 0 fully saturated rings. The first-order chi connectivity index (χ1) is 4.47. The summed E-state index contributed by atoms with van der Waals surface area (Å²) in [5.74, 6) is 1.71. The summed E-state index contributed by atoms with van der Waals surface area (Å²) >= 11 is 0. The number of anilines is 2. The number of hydrogen-bond acceptors (Lipinski definition) is 4. The van der Waals surface area contributed by atoms with Crippen LogP contribution in [-0.2, 0) is 0 Å². The first-order valence-corrected chi connectivity index (χ1v) is 2.85. The Bertz CT molecular complexity index is 184. The van der Waals surface area contributed by atoms with Gasteiger partial charge < -0.3 is 10.6 Å². The lowest BCUT2D eigenvalue weighted by atomic mass is 10.4. The Balaban J connectivity index is 2.39. The quantitative estimate of drug-likeness (QED) is 0.443. The summed E-state index contributed by atoms with van der Waals surface area (Å²) in [5.41, 5.74) is 0. The summed E-state index contributed by atoms with van der Waals surface area (Å²) in [6.45, 7) is 1.84. The number of H-pyrrole nitrogens is 1. The highest BCUT2D eigenvalue weighted by Crippen LogP contribution is 2.15. The maximum atomic E-state index is 3.78. The van der Waals surface area contributed by atoms with Gasteiger partial charge in [0, 0.05) is 13.1 Å². The Hall–Kier alpha value is -1.26. The van der Waals surface area contributed by atoms with Crippen molar-refractivity contribution in [1.29, 1.82) is 0 Å². The first kappa shape index (κ1) is 4.60. The minimum Gasteiger partial charge on any atom is -0.366 e. The SMILES string of the molecule is C1CNc2[nH]nnc2N1. The van der Waals surface area contributed by atoms with E-state index in [-0.39, 0.29) is 0 Å². The molecule has 0 spiro atoms. The lowest BCUT2D eigenvalue weighted by Gasteiger charge is -2.11. The normalized spacial score (nSPS) is 15.6. The second-order valence-electron chi connectivity index (χ2n) is 1.89. The van der Waals surface area contributed by atoms with Crippen molar-refractivity contribution in [3.63, 3.8) is 0 Å². The van der Waals surface area contributed by atoms with Gasteiger partial charge in [-0.3, -0.25) is 0 Å². The Morgan fingerprint density at radius 2 is 2.11 bits per heavy atom. The van der Waals surface area contributed by atoms with Gasteiger partial charge in [0.1, 0.15) is 0 Å². The maximum Gasteiger partial charge on any atom is 0.192 e. The zero-order valence-corrected chi connectivity index (χ0v) is 4.81. The van der Waals surface area contributed by atoms with E-state index >= 15 is 0 Å². The third-order valence-electron chi connectivity index (χ3n) is 1.27. The molecule has 0 amide bonds. The molecule has 48 valence electrons. The van der Waals surface area contributed by atoms with E-state index in [1.165, 1.54) is 0 Å². The summed E-state index contributed by atoms with van der Waals surface area (Å²) in [7, 11) is 0. The van der Waals surface area contributed by atoms with Crippen molar-refractivity contribution >= 4 is 11.6 Å². The molecule has 2 rings (SSSR count). The highest BCUT2D eigenvalue weighted by Gasteiger charge is 2.08. The zero-order valence-electron chi connectivity index (χ0n) is 4.81. The van der Waals surface area contributed by atoms with Crippen LogP contribution in [0, 0.1) is 0 Å². The molecule has 5 nitrogen and oxygen atoms in total. The number of hydrogen-bond donors (Lipinski definition) is 3. The molecule has 0 unspecified atom stereocenters. The van der Waals surface area contributed by atoms with Gasteiger partial charge in [0.05, 0.1) is 0 Å². The number of rotatable bonds is 0. The van der Waals surface area contributed by atoms with Crippen LogP contribution < -0.4 is 10.6 Å². The Labute approximate surface area is 51.8 Å². The molecule has 0 aromatic carbocycles. The van der Waals surface area contributed by atoms with E-state index in [9.17, 15) is 0 Å². The monoisotopic (exact) mass is 125 g/mol. The predicted octanol–water partition coefficient (Wildman–Crippen LogP) is -0.358. The van der Waals surface area contributed by atoms with E-state index in [4.69, 9.17) is 0 Å². The third-order valence-corrected chi connectivity index (χ3v) is 1.27. The summed E-state index contributed by atoms with van der Waals surface area (Å²) in [6.07, 6.45) is 0. The van der Waals surface area contributed by atoms with Crippen molar-refractivity contribution < 1.29 is 0 Å². The summed E-state index contributed by atoms with van der Waals surface area (Å²) in [5, 5.41) is 16.3. The number of nitrogens with zero attached hydrogens (tertiary/aromatic N) is 2. The molecule has 1 aromatic heterocycles. The highest BCUT2D eigenvalue weighted by molar-refractivity contribution is 5.60. The molecule has 3 N–H and O–H groups in total. The minimum atomic E-state index is 0.821. The van der Waals surface area contributed by atoms with Crippen LogP contribution in [0.15, 0.2) is 0 Å². The van der Waals surface area contributed by atoms with Crippen molar-refractivity contribution in [1.82, 2.24) is 15.4 Å². The Morgan fingerprint density at radius 3 is 3.00 bits per heavy atom. The van der Waals surface area contributed by atoms with Crippen molar-refractivity contribution in [3.05, 3.63) is 0 Å². The fourth-order valence-corrected chi connectivity index (χ4v) is 0.843. The highest BCUT2D eigenvalue weighted by atomic mass is 15.4. The van der Waals surface area contributed by atoms with E-state index in [1.807, 2.05) is 0 Å². The fraction of sp³-hybridized carbons (Fsp3) is 0.500. The standard InChI is InChI=1S/C4H7N5/c1-2-6-4-3(5-1)7-9-8-4/h1-2H2,(H3,5,6,7,8,9). The van der Waals surface area contributed by atoms with Crippen LogP contribution in [0.3, 0.4) is 0 Å². The van der Waals surface area contributed by atoms with Crippen molar-refractivity contribution in [2.24, 2.45) is 0 Å². The van der Waals surface area contributed by atoms with Gasteiger partial charge in [-0.15, -0.1) is 5.10 Å². The van der Waals surface area contributed by atoms with Crippen LogP contribution in [0.2, 0.25) is 0 Å². The average Bonchev–Trinajstić information content (AvgIpc) is 2.33. The van der Waals surface area contributed by atoms with Gasteiger partial charge in [0.25, 0.3) is 0 Å². The molecule has 2 heterocycles. The molecule has 0 atom stereocenters. The minimum absolute atomic E-state index is 0.821. The van der Waals surface area contributed by atoms with Crippen LogP contribution in [0.1, 0.15) is 0 Å². The van der Waals surface area contributed by atoms with Crippen molar-refractivity contribution in [2.45, 2.75) is 0 Å². The summed E-state index contributed by atoms with van der Waals surface area (Å²) in [4.78, 5) is 0. The Kier molecular flexibility index (Phi) is 0.824. The predicted molar refractivity (Wildman–Crippen MR) is 33.4 cm³/mol. The molecule has 0 aliphatic carbocycles. The van der Waals surface area contributed by atoms with Crippen LogP contribution in [0.25, 0.3) is 0 Å². The summed E-state index contributed by atoms with van der Waals surface area (Å²) < 4.78 is 0. The van der Waals surface area contributed by atoms with Crippen LogP contribution in [-0.4, -0.2) is 28.5 Å². The molecule has 0 saturated heterocycles. The van der Waals surface area contributed by atoms with E-state index in [0.29, 0.717) is 0 Å². The van der Waals surface area contributed by atoms with E-state index in [1.54, 1.807) is 0 Å². The lowest BCUT2D eigenvalue weighted by molar-refractivity contribution is 0.944. The number of aromatic amines is 1. The number of aromatic nitrogens is 3. The zero-order chi connectivity index (χ0) is 6.10. The van der Waals surface area contributed by atoms with Gasteiger partial charge in [-0.05, 0) is 0 Å². The van der Waals surface area contributed by atoms with Crippen LogP contribution >= 0.6 is 0 Å². The third kappa shape index (κ3) is 0.611. The molecular weight excluding hydrogens is 118 g/mol. The smallest absolute Gasteiger partial charge is 0.192 e. The molecular formula is C4H7N5. The summed E-state index contributed by atoms with van der Waals surface area (Å²) in [6, 6.07) is 0. The molecule has 0 saturated carbocycles. The molecule has 0 radical (unpaired) electrons. The first-order valence-electron chi connectivity index (χ1n) is 2.85. The van der Waals surface area contributed by atoms with Gasteiger partial charge in [-0.2, -0.15) is 0 Å². The topological polar surface area (TPSA) is 65.6 Å². The average molecular weight is 125 g/mol. The van der Waals surface area contributed by atoms with Gasteiger partial charge in [-0.25, -0.2) is 5.10 Å². The molecule has 0 bridgehead atoms. The van der Waals surface area contributed by atoms with E-state index < -0.39 is 0 Å². The lowest BCUT2D eigenvalue weighted by Crippen LogP contribution is -2.20. The molecule has 9 heavy (non-hydrogen) atoms. The van der Waals surface area contributed by atoms with Crippen LogP contribution in [0.5, 0.6) is 0 Å². The van der Waals surface area contributed by atoms with Gasteiger partial charge in [0.15, 0.2) is 11.6 Å². The van der Waals surface area contributed by atoms with Crippen LogP contribution in [0.4, 0.5) is 11.6 Å². The molecule has 5 heteroatoms. The van der Waals surface area contributed by atoms with E-state index in [0.717, 1.165) is 24.7 Å². The molecule has 1 aliphatic heterocycles. The number of nitrogens with one attached hydrogen (secondary N) is 3. The van der Waals surface area contributed by atoms with Crippen molar-refractivity contribution in [3.8, 4) is 0 Å². The molecule has 1 aromatic rings. The van der Waals surface area contributed by atoms with Crippen molar-refractivity contribution in [2.75, 3.05) is 23.7 Å². The van der Waals surface area contributed by atoms with Gasteiger partial charge in [0.2, 0.25) is 0 Å². The van der Waals surface area contributed by atoms with Gasteiger partial charge in [-0.1, -0.05) is 5.21 Å². The van der Waals surface area contributed by atoms with E-state index in [2.05, 4.69) is 26.0 Å². The largest absolute Gasteiger partial charge is 0.366 e. The molecule has 1 aliphatic rings. The Morgan fingerprint density at radius 1 is 1.22 bits per heavy atom. The second kappa shape index (κ2) is 1.61.